The average Bonchev–Trinajstić information content (AvgIpc) is 2.63. The SMILES string of the molecule is CCOc1cc(/C=N/NS(=O)(=O)c2cc(C(C)(C)C)ccc2C)cc([N+](=O)[O-])c1O. The minimum atomic E-state index is -3.96. The van der Waals surface area contributed by atoms with Crippen LogP contribution in [-0.2, 0) is 15.4 Å². The van der Waals surface area contributed by atoms with Gasteiger partial charge in [-0.15, -0.1) is 0 Å². The standard InChI is InChI=1S/C20H25N3O6S/c1-6-29-17-10-14(9-16(19(17)24)23(25)26)12-21-22-30(27,28)18-11-15(20(3,4)5)8-7-13(18)2/h7-12,22,24H,6H2,1-5H3/b21-12+. The molecule has 0 spiro atoms. The van der Waals surface area contributed by atoms with Gasteiger partial charge in [0.25, 0.3) is 10.0 Å². The van der Waals surface area contributed by atoms with Crippen molar-refractivity contribution < 1.29 is 23.2 Å². The van der Waals surface area contributed by atoms with E-state index in [4.69, 9.17) is 4.74 Å². The molecule has 0 aliphatic carbocycles. The summed E-state index contributed by atoms with van der Waals surface area (Å²) in [5, 5.41) is 24.8. The highest BCUT2D eigenvalue weighted by Gasteiger charge is 2.22. The zero-order chi connectivity index (χ0) is 22.7. The molecule has 0 aromatic heterocycles. The van der Waals surface area contributed by atoms with Gasteiger partial charge in [-0.05, 0) is 42.5 Å². The number of aromatic hydroxyl groups is 1. The molecule has 162 valence electrons. The third-order valence-electron chi connectivity index (χ3n) is 4.30. The number of hydrazone groups is 1. The van der Waals surface area contributed by atoms with Crippen molar-refractivity contribution in [2.45, 2.75) is 44.9 Å². The first kappa shape index (κ1) is 23.1. The summed E-state index contributed by atoms with van der Waals surface area (Å²) in [4.78, 5) is 12.6. The molecule has 9 nitrogen and oxygen atoms in total. The van der Waals surface area contributed by atoms with E-state index in [9.17, 15) is 23.6 Å². The summed E-state index contributed by atoms with van der Waals surface area (Å²) in [6.45, 7) is 9.46. The average molecular weight is 436 g/mol. The van der Waals surface area contributed by atoms with Crippen LogP contribution in [0.3, 0.4) is 0 Å². The van der Waals surface area contributed by atoms with E-state index < -0.39 is 26.4 Å². The second-order valence-corrected chi connectivity index (χ2v) is 9.29. The maximum atomic E-state index is 12.7. The van der Waals surface area contributed by atoms with Crippen LogP contribution in [0.25, 0.3) is 0 Å². The molecule has 0 aliphatic rings. The Balaban J connectivity index is 2.36. The number of hydrogen-bond acceptors (Lipinski definition) is 7. The Kier molecular flexibility index (Phi) is 6.71. The molecule has 0 fully saturated rings. The first-order valence-electron chi connectivity index (χ1n) is 9.17. The Morgan fingerprint density at radius 3 is 2.50 bits per heavy atom. The molecule has 0 heterocycles. The van der Waals surface area contributed by atoms with Crippen LogP contribution in [-0.4, -0.2) is 31.3 Å². The maximum absolute atomic E-state index is 12.7. The quantitative estimate of drug-likeness (QED) is 0.388. The van der Waals surface area contributed by atoms with Gasteiger partial charge < -0.3 is 9.84 Å². The topological polar surface area (TPSA) is 131 Å². The minimum Gasteiger partial charge on any atom is -0.500 e. The number of aryl methyl sites for hydroxylation is 1. The van der Waals surface area contributed by atoms with Crippen molar-refractivity contribution >= 4 is 21.9 Å². The van der Waals surface area contributed by atoms with Crippen LogP contribution in [0.5, 0.6) is 11.5 Å². The number of nitrogens with one attached hydrogen (secondary N) is 1. The van der Waals surface area contributed by atoms with Gasteiger partial charge in [-0.3, -0.25) is 10.1 Å². The van der Waals surface area contributed by atoms with E-state index in [1.807, 2.05) is 26.8 Å². The molecular formula is C20H25N3O6S. The zero-order valence-corrected chi connectivity index (χ0v) is 18.3. The molecule has 0 saturated heterocycles. The molecule has 0 saturated carbocycles. The van der Waals surface area contributed by atoms with Gasteiger partial charge in [0.05, 0.1) is 22.6 Å². The van der Waals surface area contributed by atoms with Gasteiger partial charge in [-0.25, -0.2) is 4.83 Å². The number of rotatable bonds is 7. The van der Waals surface area contributed by atoms with E-state index in [2.05, 4.69) is 9.93 Å². The Morgan fingerprint density at radius 1 is 1.27 bits per heavy atom. The Labute approximate surface area is 175 Å². The fraction of sp³-hybridized carbons (Fsp3) is 0.350. The first-order chi connectivity index (χ1) is 13.9. The molecule has 0 unspecified atom stereocenters. The largest absolute Gasteiger partial charge is 0.500 e. The number of ether oxygens (including phenoxy) is 1. The summed E-state index contributed by atoms with van der Waals surface area (Å²) in [6, 6.07) is 7.61. The summed E-state index contributed by atoms with van der Waals surface area (Å²) in [6.07, 6.45) is 1.11. The number of nitro groups is 1. The third kappa shape index (κ3) is 5.26. The van der Waals surface area contributed by atoms with Crippen LogP contribution in [0.4, 0.5) is 5.69 Å². The van der Waals surface area contributed by atoms with Crippen molar-refractivity contribution in [2.75, 3.05) is 6.61 Å². The van der Waals surface area contributed by atoms with Gasteiger partial charge in [-0.2, -0.15) is 13.5 Å². The van der Waals surface area contributed by atoms with Crippen molar-refractivity contribution in [3.63, 3.8) is 0 Å². The fourth-order valence-corrected chi connectivity index (χ4v) is 3.73. The number of phenols is 1. The normalized spacial score (nSPS) is 12.2. The number of nitro benzene ring substituents is 1. The fourth-order valence-electron chi connectivity index (χ4n) is 2.67. The lowest BCUT2D eigenvalue weighted by Crippen LogP contribution is -2.21. The highest BCUT2D eigenvalue weighted by molar-refractivity contribution is 7.89. The molecule has 0 bridgehead atoms. The van der Waals surface area contributed by atoms with Crippen LogP contribution >= 0.6 is 0 Å². The summed E-state index contributed by atoms with van der Waals surface area (Å²) in [5.41, 5.74) is 0.796. The molecule has 2 aromatic rings. The first-order valence-corrected chi connectivity index (χ1v) is 10.7. The lowest BCUT2D eigenvalue weighted by molar-refractivity contribution is -0.386. The van der Waals surface area contributed by atoms with Crippen molar-refractivity contribution in [3.05, 3.63) is 57.1 Å². The van der Waals surface area contributed by atoms with Crippen molar-refractivity contribution in [1.29, 1.82) is 0 Å². The smallest absolute Gasteiger partial charge is 0.315 e. The van der Waals surface area contributed by atoms with Crippen LogP contribution < -0.4 is 9.57 Å². The second-order valence-electron chi connectivity index (χ2n) is 7.66. The number of sulfonamides is 1. The Morgan fingerprint density at radius 2 is 1.93 bits per heavy atom. The second kappa shape index (κ2) is 8.70. The Hall–Kier alpha value is -3.14. The van der Waals surface area contributed by atoms with Crippen LogP contribution in [0, 0.1) is 17.0 Å². The van der Waals surface area contributed by atoms with E-state index in [0.29, 0.717) is 5.56 Å². The molecule has 10 heteroatoms. The molecule has 2 rings (SSSR count). The van der Waals surface area contributed by atoms with Crippen molar-refractivity contribution in [1.82, 2.24) is 4.83 Å². The molecule has 30 heavy (non-hydrogen) atoms. The minimum absolute atomic E-state index is 0.0928. The van der Waals surface area contributed by atoms with E-state index in [0.717, 1.165) is 17.8 Å². The van der Waals surface area contributed by atoms with Gasteiger partial charge in [0, 0.05) is 11.6 Å². The molecule has 2 aromatic carbocycles. The number of benzene rings is 2. The third-order valence-corrected chi connectivity index (χ3v) is 5.67. The van der Waals surface area contributed by atoms with Crippen LogP contribution in [0.15, 0.2) is 40.3 Å². The molecule has 0 atom stereocenters. The highest BCUT2D eigenvalue weighted by atomic mass is 32.2. The summed E-state index contributed by atoms with van der Waals surface area (Å²) < 4.78 is 30.6. The molecule has 0 radical (unpaired) electrons. The highest BCUT2D eigenvalue weighted by Crippen LogP contribution is 2.36. The van der Waals surface area contributed by atoms with Gasteiger partial charge in [0.1, 0.15) is 0 Å². The lowest BCUT2D eigenvalue weighted by atomic mass is 9.87. The zero-order valence-electron chi connectivity index (χ0n) is 17.5. The molecule has 2 N–H and O–H groups in total. The molecule has 0 amide bonds. The van der Waals surface area contributed by atoms with Crippen LogP contribution in [0.1, 0.15) is 44.4 Å². The predicted octanol–water partition coefficient (Wildman–Crippen LogP) is 3.62. The predicted molar refractivity (Wildman–Crippen MR) is 114 cm³/mol. The summed E-state index contributed by atoms with van der Waals surface area (Å²) in [5.74, 6) is -0.695. The van der Waals surface area contributed by atoms with Crippen LogP contribution in [0.2, 0.25) is 0 Å². The molecular weight excluding hydrogens is 410 g/mol. The summed E-state index contributed by atoms with van der Waals surface area (Å²) >= 11 is 0. The maximum Gasteiger partial charge on any atom is 0.315 e. The van der Waals surface area contributed by atoms with Gasteiger partial charge >= 0.3 is 5.69 Å². The monoisotopic (exact) mass is 435 g/mol. The van der Waals surface area contributed by atoms with Gasteiger partial charge in [0.2, 0.25) is 5.75 Å². The lowest BCUT2D eigenvalue weighted by Gasteiger charge is -2.20. The number of hydrogen-bond donors (Lipinski definition) is 2. The van der Waals surface area contributed by atoms with E-state index in [1.165, 1.54) is 6.07 Å². The van der Waals surface area contributed by atoms with E-state index in [-0.39, 0.29) is 28.2 Å². The van der Waals surface area contributed by atoms with E-state index >= 15 is 0 Å². The number of phenolic OH excluding ortho intramolecular Hbond substituents is 1. The summed E-state index contributed by atoms with van der Waals surface area (Å²) in [7, 11) is -3.96. The van der Waals surface area contributed by atoms with Crippen molar-refractivity contribution in [3.8, 4) is 11.5 Å². The Bertz CT molecular complexity index is 1090. The van der Waals surface area contributed by atoms with Crippen molar-refractivity contribution in [2.24, 2.45) is 5.10 Å². The van der Waals surface area contributed by atoms with Gasteiger partial charge in [0.15, 0.2) is 5.75 Å². The van der Waals surface area contributed by atoms with Gasteiger partial charge in [-0.1, -0.05) is 32.9 Å². The van der Waals surface area contributed by atoms with E-state index in [1.54, 1.807) is 26.0 Å². The number of nitrogens with zero attached hydrogens (tertiary/aromatic N) is 2. The molecule has 0 aliphatic heterocycles.